The zero-order chi connectivity index (χ0) is 7.68. The van der Waals surface area contributed by atoms with E-state index in [-0.39, 0.29) is 0 Å². The van der Waals surface area contributed by atoms with Crippen LogP contribution in [-0.4, -0.2) is 6.61 Å². The van der Waals surface area contributed by atoms with Crippen LogP contribution in [0.3, 0.4) is 0 Å². The zero-order valence-electron chi connectivity index (χ0n) is 6.70. The number of allylic oxidation sites excluding steroid dienone is 2. The maximum absolute atomic E-state index is 5.20. The van der Waals surface area contributed by atoms with E-state index in [0.29, 0.717) is 0 Å². The van der Waals surface area contributed by atoms with Gasteiger partial charge in [-0.05, 0) is 30.6 Å². The molecule has 0 aliphatic heterocycles. The Kier molecular flexibility index (Phi) is 1.72. The second-order valence-corrected chi connectivity index (χ2v) is 3.54. The lowest BCUT2D eigenvalue weighted by Crippen LogP contribution is -2.12. The Labute approximate surface area is 67.7 Å². The van der Waals surface area contributed by atoms with Crippen molar-refractivity contribution in [3.63, 3.8) is 0 Å². The van der Waals surface area contributed by atoms with Gasteiger partial charge in [-0.2, -0.15) is 0 Å². The van der Waals surface area contributed by atoms with Crippen molar-refractivity contribution in [1.29, 1.82) is 0 Å². The first-order chi connectivity index (χ1) is 5.40. The first-order valence-corrected chi connectivity index (χ1v) is 4.31. The summed E-state index contributed by atoms with van der Waals surface area (Å²) in [6, 6.07) is 0. The molecule has 2 bridgehead atoms. The minimum absolute atomic E-state index is 0.767. The molecule has 0 amide bonds. The van der Waals surface area contributed by atoms with Gasteiger partial charge in [-0.3, -0.25) is 0 Å². The van der Waals surface area contributed by atoms with E-state index in [1.54, 1.807) is 6.26 Å². The molecule has 1 heteroatoms. The molecule has 60 valence electrons. The van der Waals surface area contributed by atoms with Crippen molar-refractivity contribution in [3.05, 3.63) is 25.0 Å². The summed E-state index contributed by atoms with van der Waals surface area (Å²) >= 11 is 0. The summed E-state index contributed by atoms with van der Waals surface area (Å²) < 4.78 is 5.20. The van der Waals surface area contributed by atoms with Gasteiger partial charge in [-0.15, -0.1) is 0 Å². The molecular formula is C10H14O. The van der Waals surface area contributed by atoms with Gasteiger partial charge in [0.15, 0.2) is 0 Å². The molecule has 0 heterocycles. The van der Waals surface area contributed by atoms with Crippen LogP contribution in [0.2, 0.25) is 0 Å². The molecule has 1 nitrogen and oxygen atoms in total. The second-order valence-electron chi connectivity index (χ2n) is 3.54. The highest BCUT2D eigenvalue weighted by molar-refractivity contribution is 5.09. The van der Waals surface area contributed by atoms with E-state index in [0.717, 1.165) is 24.4 Å². The fourth-order valence-corrected chi connectivity index (χ4v) is 2.28. The molecule has 1 saturated carbocycles. The van der Waals surface area contributed by atoms with E-state index in [2.05, 4.69) is 18.7 Å². The third-order valence-corrected chi connectivity index (χ3v) is 2.84. The van der Waals surface area contributed by atoms with E-state index in [4.69, 9.17) is 4.74 Å². The molecule has 0 spiro atoms. The topological polar surface area (TPSA) is 9.23 Å². The summed E-state index contributed by atoms with van der Waals surface area (Å²) in [5, 5.41) is 0. The monoisotopic (exact) mass is 150 g/mol. The molecule has 11 heavy (non-hydrogen) atoms. The van der Waals surface area contributed by atoms with Crippen molar-refractivity contribution in [2.45, 2.75) is 12.8 Å². The Morgan fingerprint density at radius 1 is 1.45 bits per heavy atom. The van der Waals surface area contributed by atoms with Crippen LogP contribution >= 0.6 is 0 Å². The van der Waals surface area contributed by atoms with Crippen LogP contribution in [-0.2, 0) is 4.74 Å². The molecular weight excluding hydrogens is 136 g/mol. The predicted octanol–water partition coefficient (Wildman–Crippen LogP) is 2.36. The second kappa shape index (κ2) is 2.72. The maximum atomic E-state index is 5.20. The van der Waals surface area contributed by atoms with E-state index < -0.39 is 0 Å². The quantitative estimate of drug-likeness (QED) is 0.443. The SMILES string of the molecule is C=COCC1CC2C=CC1C2. The average Bonchev–Trinajstić information content (AvgIpc) is 2.60. The molecule has 2 aliphatic rings. The molecule has 3 unspecified atom stereocenters. The van der Waals surface area contributed by atoms with Crippen molar-refractivity contribution in [2.75, 3.05) is 6.61 Å². The molecule has 1 fully saturated rings. The number of rotatable bonds is 3. The first kappa shape index (κ1) is 6.96. The Bertz CT molecular complexity index is 183. The standard InChI is InChI=1S/C10H14O/c1-2-11-7-10-6-8-3-4-9(10)5-8/h2-4,8-10H,1,5-7H2. The number of hydrogen-bond acceptors (Lipinski definition) is 1. The molecule has 0 aromatic rings. The van der Waals surface area contributed by atoms with E-state index in [1.807, 2.05) is 0 Å². The fraction of sp³-hybridized carbons (Fsp3) is 0.600. The molecule has 0 radical (unpaired) electrons. The smallest absolute Gasteiger partial charge is 0.0906 e. The van der Waals surface area contributed by atoms with Gasteiger partial charge in [0.1, 0.15) is 0 Å². The highest BCUT2D eigenvalue weighted by atomic mass is 16.5. The van der Waals surface area contributed by atoms with Gasteiger partial charge in [0.2, 0.25) is 0 Å². The van der Waals surface area contributed by atoms with Crippen molar-refractivity contribution in [1.82, 2.24) is 0 Å². The minimum Gasteiger partial charge on any atom is -0.502 e. The van der Waals surface area contributed by atoms with E-state index >= 15 is 0 Å². The van der Waals surface area contributed by atoms with Gasteiger partial charge in [0, 0.05) is 0 Å². The lowest BCUT2D eigenvalue weighted by Gasteiger charge is -2.16. The number of hydrogen-bond donors (Lipinski definition) is 0. The largest absolute Gasteiger partial charge is 0.502 e. The van der Waals surface area contributed by atoms with Gasteiger partial charge in [-0.25, -0.2) is 0 Å². The van der Waals surface area contributed by atoms with Gasteiger partial charge in [0.05, 0.1) is 12.9 Å². The highest BCUT2D eigenvalue weighted by Crippen LogP contribution is 2.43. The van der Waals surface area contributed by atoms with Crippen molar-refractivity contribution in [2.24, 2.45) is 17.8 Å². The fourth-order valence-electron chi connectivity index (χ4n) is 2.28. The maximum Gasteiger partial charge on any atom is 0.0906 e. The third kappa shape index (κ3) is 1.20. The van der Waals surface area contributed by atoms with Crippen molar-refractivity contribution >= 4 is 0 Å². The normalized spacial score (nSPS) is 39.5. The van der Waals surface area contributed by atoms with Gasteiger partial charge >= 0.3 is 0 Å². The predicted molar refractivity (Wildman–Crippen MR) is 45.0 cm³/mol. The van der Waals surface area contributed by atoms with Gasteiger partial charge in [0.25, 0.3) is 0 Å². The van der Waals surface area contributed by atoms with Crippen LogP contribution in [0.4, 0.5) is 0 Å². The molecule has 0 aromatic heterocycles. The van der Waals surface area contributed by atoms with Crippen LogP contribution < -0.4 is 0 Å². The van der Waals surface area contributed by atoms with Crippen LogP contribution in [0.5, 0.6) is 0 Å². The molecule has 2 aliphatic carbocycles. The molecule has 0 N–H and O–H groups in total. The average molecular weight is 150 g/mol. The van der Waals surface area contributed by atoms with E-state index in [1.165, 1.54) is 12.8 Å². The van der Waals surface area contributed by atoms with Crippen LogP contribution in [0.15, 0.2) is 25.0 Å². The Morgan fingerprint density at radius 3 is 2.91 bits per heavy atom. The Balaban J connectivity index is 1.88. The zero-order valence-corrected chi connectivity index (χ0v) is 6.70. The third-order valence-electron chi connectivity index (χ3n) is 2.84. The van der Waals surface area contributed by atoms with Gasteiger partial charge in [-0.1, -0.05) is 18.7 Å². The minimum atomic E-state index is 0.767. The summed E-state index contributed by atoms with van der Waals surface area (Å²) in [6.45, 7) is 4.41. The summed E-state index contributed by atoms with van der Waals surface area (Å²) in [6.07, 6.45) is 8.95. The summed E-state index contributed by atoms with van der Waals surface area (Å²) in [7, 11) is 0. The Morgan fingerprint density at radius 2 is 2.36 bits per heavy atom. The van der Waals surface area contributed by atoms with Crippen LogP contribution in [0.25, 0.3) is 0 Å². The highest BCUT2D eigenvalue weighted by Gasteiger charge is 2.35. The lowest BCUT2D eigenvalue weighted by molar-refractivity contribution is 0.179. The summed E-state index contributed by atoms with van der Waals surface area (Å²) in [5.74, 6) is 2.43. The molecule has 2 rings (SSSR count). The summed E-state index contributed by atoms with van der Waals surface area (Å²) in [4.78, 5) is 0. The molecule has 3 atom stereocenters. The van der Waals surface area contributed by atoms with Gasteiger partial charge < -0.3 is 4.74 Å². The summed E-state index contributed by atoms with van der Waals surface area (Å²) in [5.41, 5.74) is 0. The number of ether oxygens (including phenoxy) is 1. The van der Waals surface area contributed by atoms with Crippen LogP contribution in [0, 0.1) is 17.8 Å². The van der Waals surface area contributed by atoms with Crippen molar-refractivity contribution < 1.29 is 4.74 Å². The molecule has 0 saturated heterocycles. The lowest BCUT2D eigenvalue weighted by atomic mass is 9.95. The van der Waals surface area contributed by atoms with Crippen molar-refractivity contribution in [3.8, 4) is 0 Å². The number of fused-ring (bicyclic) bond motifs is 2. The molecule has 0 aromatic carbocycles. The Hall–Kier alpha value is -0.720. The first-order valence-electron chi connectivity index (χ1n) is 4.31. The van der Waals surface area contributed by atoms with Crippen LogP contribution in [0.1, 0.15) is 12.8 Å². The van der Waals surface area contributed by atoms with E-state index in [9.17, 15) is 0 Å².